The van der Waals surface area contributed by atoms with Gasteiger partial charge >= 0.3 is 0 Å². The van der Waals surface area contributed by atoms with E-state index in [0.717, 1.165) is 23.1 Å². The average molecular weight is 422 g/mol. The minimum Gasteiger partial charge on any atom is -0.497 e. The summed E-state index contributed by atoms with van der Waals surface area (Å²) in [5.74, 6) is -0.395. The van der Waals surface area contributed by atoms with Crippen molar-refractivity contribution in [3.05, 3.63) is 58.9 Å². The molecule has 0 radical (unpaired) electrons. The Morgan fingerprint density at radius 2 is 2.11 bits per heavy atom. The third-order valence-electron chi connectivity index (χ3n) is 3.92. The minimum absolute atomic E-state index is 0.0440. The average Bonchev–Trinajstić information content (AvgIpc) is 2.69. The van der Waals surface area contributed by atoms with Gasteiger partial charge in [-0.2, -0.15) is 0 Å². The van der Waals surface area contributed by atoms with E-state index >= 15 is 0 Å². The van der Waals surface area contributed by atoms with Crippen molar-refractivity contribution >= 4 is 46.0 Å². The van der Waals surface area contributed by atoms with E-state index in [2.05, 4.69) is 15.6 Å². The zero-order chi connectivity index (χ0) is 20.1. The van der Waals surface area contributed by atoms with Crippen LogP contribution in [0.15, 0.2) is 47.5 Å². The van der Waals surface area contributed by atoms with Crippen LogP contribution in [0.3, 0.4) is 0 Å². The molecule has 1 heterocycles. The number of thioether (sulfide) groups is 1. The molecule has 6 nitrogen and oxygen atoms in total. The first-order valence-corrected chi connectivity index (χ1v) is 9.61. The van der Waals surface area contributed by atoms with Crippen molar-refractivity contribution in [3.8, 4) is 5.75 Å². The number of ether oxygens (including phenoxy) is 1. The zero-order valence-electron chi connectivity index (χ0n) is 14.9. The Morgan fingerprint density at radius 3 is 2.79 bits per heavy atom. The molecule has 28 heavy (non-hydrogen) atoms. The Kier molecular flexibility index (Phi) is 6.53. The number of amides is 2. The number of hydrogen-bond donors (Lipinski definition) is 2. The van der Waals surface area contributed by atoms with Gasteiger partial charge in [0.05, 0.1) is 23.1 Å². The predicted molar refractivity (Wildman–Crippen MR) is 107 cm³/mol. The number of amidine groups is 1. The summed E-state index contributed by atoms with van der Waals surface area (Å²) >= 11 is 6.89. The van der Waals surface area contributed by atoms with Crippen molar-refractivity contribution in [3.63, 3.8) is 0 Å². The monoisotopic (exact) mass is 421 g/mol. The van der Waals surface area contributed by atoms with Crippen LogP contribution in [0.1, 0.15) is 12.0 Å². The van der Waals surface area contributed by atoms with E-state index in [1.165, 1.54) is 18.2 Å². The van der Waals surface area contributed by atoms with Crippen LogP contribution in [0.4, 0.5) is 10.1 Å². The number of carbonyl (C=O) groups is 2. The van der Waals surface area contributed by atoms with Crippen LogP contribution in [0.5, 0.6) is 5.75 Å². The number of nitrogens with zero attached hydrogens (tertiary/aromatic N) is 1. The maximum absolute atomic E-state index is 13.3. The molecule has 0 spiro atoms. The molecule has 2 N–H and O–H groups in total. The smallest absolute Gasteiger partial charge is 0.234 e. The van der Waals surface area contributed by atoms with Crippen LogP contribution in [-0.2, 0) is 16.1 Å². The first-order chi connectivity index (χ1) is 13.4. The molecule has 0 aliphatic carbocycles. The van der Waals surface area contributed by atoms with Gasteiger partial charge in [-0.1, -0.05) is 35.5 Å². The van der Waals surface area contributed by atoms with Gasteiger partial charge in [0.2, 0.25) is 11.8 Å². The van der Waals surface area contributed by atoms with Gasteiger partial charge in [0.1, 0.15) is 11.6 Å². The Bertz CT molecular complexity index is 921. The number of methoxy groups -OCH3 is 1. The van der Waals surface area contributed by atoms with E-state index in [9.17, 15) is 14.0 Å². The number of hydrogen-bond acceptors (Lipinski definition) is 5. The van der Waals surface area contributed by atoms with E-state index in [-0.39, 0.29) is 28.4 Å². The van der Waals surface area contributed by atoms with Gasteiger partial charge in [0, 0.05) is 13.0 Å². The Morgan fingerprint density at radius 1 is 1.36 bits per heavy atom. The molecule has 9 heteroatoms. The number of halogens is 2. The largest absolute Gasteiger partial charge is 0.497 e. The van der Waals surface area contributed by atoms with Crippen molar-refractivity contribution in [1.29, 1.82) is 0 Å². The normalized spacial score (nSPS) is 17.9. The SMILES string of the molecule is COc1ccc(CNC(=O)C2CC(=O)NC(=Nc3ccc(F)c(Cl)c3)S2)cc1. The highest BCUT2D eigenvalue weighted by molar-refractivity contribution is 8.15. The van der Waals surface area contributed by atoms with Crippen molar-refractivity contribution in [2.45, 2.75) is 18.2 Å². The van der Waals surface area contributed by atoms with Crippen molar-refractivity contribution in [2.24, 2.45) is 4.99 Å². The quantitative estimate of drug-likeness (QED) is 0.775. The summed E-state index contributed by atoms with van der Waals surface area (Å²) in [5, 5.41) is 5.03. The van der Waals surface area contributed by atoms with E-state index in [1.807, 2.05) is 24.3 Å². The number of aliphatic imine (C=N–C) groups is 1. The molecule has 3 rings (SSSR count). The van der Waals surface area contributed by atoms with E-state index < -0.39 is 11.1 Å². The minimum atomic E-state index is -0.610. The summed E-state index contributed by atoms with van der Waals surface area (Å²) < 4.78 is 18.4. The second kappa shape index (κ2) is 9.07. The summed E-state index contributed by atoms with van der Waals surface area (Å²) in [5.41, 5.74) is 1.29. The van der Waals surface area contributed by atoms with Crippen LogP contribution < -0.4 is 15.4 Å². The summed E-state index contributed by atoms with van der Waals surface area (Å²) in [4.78, 5) is 28.7. The van der Waals surface area contributed by atoms with Crippen molar-refractivity contribution < 1.29 is 18.7 Å². The van der Waals surface area contributed by atoms with Crippen molar-refractivity contribution in [1.82, 2.24) is 10.6 Å². The molecule has 1 unspecified atom stereocenters. The molecular weight excluding hydrogens is 405 g/mol. The molecule has 0 saturated carbocycles. The Labute approximate surface area is 170 Å². The highest BCUT2D eigenvalue weighted by Gasteiger charge is 2.30. The predicted octanol–water partition coefficient (Wildman–Crippen LogP) is 3.41. The fourth-order valence-corrected chi connectivity index (χ4v) is 3.66. The standard InChI is InChI=1S/C19H17ClFN3O3S/c1-27-13-5-2-11(3-6-13)10-22-18(26)16-9-17(25)24-19(28-16)23-12-4-7-15(21)14(20)8-12/h2-8,16H,9-10H2,1H3,(H,22,26)(H,23,24,25). The van der Waals surface area contributed by atoms with Gasteiger partial charge in [-0.25, -0.2) is 9.38 Å². The lowest BCUT2D eigenvalue weighted by Crippen LogP contribution is -2.43. The molecule has 1 atom stereocenters. The van der Waals surface area contributed by atoms with Gasteiger partial charge < -0.3 is 15.4 Å². The Balaban J connectivity index is 1.64. The lowest BCUT2D eigenvalue weighted by atomic mass is 10.2. The fraction of sp³-hybridized carbons (Fsp3) is 0.211. The molecule has 2 aromatic rings. The number of nitrogens with one attached hydrogen (secondary N) is 2. The Hall–Kier alpha value is -2.58. The molecule has 2 amide bonds. The lowest BCUT2D eigenvalue weighted by molar-refractivity contribution is -0.125. The van der Waals surface area contributed by atoms with Gasteiger partial charge in [0.25, 0.3) is 0 Å². The van der Waals surface area contributed by atoms with Crippen LogP contribution in [-0.4, -0.2) is 29.3 Å². The van der Waals surface area contributed by atoms with Gasteiger partial charge in [0.15, 0.2) is 5.17 Å². The third kappa shape index (κ3) is 5.24. The maximum Gasteiger partial charge on any atom is 0.234 e. The van der Waals surface area contributed by atoms with Crippen LogP contribution in [0, 0.1) is 5.82 Å². The molecule has 1 fully saturated rings. The number of benzene rings is 2. The molecule has 146 valence electrons. The molecule has 0 aromatic heterocycles. The second-order valence-electron chi connectivity index (χ2n) is 5.94. The third-order valence-corrected chi connectivity index (χ3v) is 5.29. The van der Waals surface area contributed by atoms with Crippen LogP contribution >= 0.6 is 23.4 Å². The highest BCUT2D eigenvalue weighted by atomic mass is 35.5. The van der Waals surface area contributed by atoms with Gasteiger partial charge in [-0.15, -0.1) is 0 Å². The van der Waals surface area contributed by atoms with E-state index in [0.29, 0.717) is 12.2 Å². The summed E-state index contributed by atoms with van der Waals surface area (Å²) in [6.07, 6.45) is 0.0440. The van der Waals surface area contributed by atoms with Crippen LogP contribution in [0.2, 0.25) is 5.02 Å². The van der Waals surface area contributed by atoms with E-state index in [1.54, 1.807) is 7.11 Å². The van der Waals surface area contributed by atoms with Crippen molar-refractivity contribution in [2.75, 3.05) is 7.11 Å². The highest BCUT2D eigenvalue weighted by Crippen LogP contribution is 2.26. The lowest BCUT2D eigenvalue weighted by Gasteiger charge is -2.22. The molecular formula is C19H17ClFN3O3S. The first kappa shape index (κ1) is 20.2. The van der Waals surface area contributed by atoms with Gasteiger partial charge in [-0.3, -0.25) is 9.59 Å². The maximum atomic E-state index is 13.3. The second-order valence-corrected chi connectivity index (χ2v) is 7.54. The molecule has 1 aliphatic heterocycles. The van der Waals surface area contributed by atoms with Gasteiger partial charge in [-0.05, 0) is 35.9 Å². The molecule has 0 bridgehead atoms. The van der Waals surface area contributed by atoms with Crippen LogP contribution in [0.25, 0.3) is 0 Å². The number of rotatable bonds is 5. The molecule has 1 saturated heterocycles. The topological polar surface area (TPSA) is 79.8 Å². The molecule has 1 aliphatic rings. The summed E-state index contributed by atoms with van der Waals surface area (Å²) in [6.45, 7) is 0.335. The fourth-order valence-electron chi connectivity index (χ4n) is 2.46. The van der Waals surface area contributed by atoms with E-state index in [4.69, 9.17) is 16.3 Å². The number of carbonyl (C=O) groups excluding carboxylic acids is 2. The zero-order valence-corrected chi connectivity index (χ0v) is 16.4. The summed E-state index contributed by atoms with van der Waals surface area (Å²) in [6, 6.07) is 11.3. The summed E-state index contributed by atoms with van der Waals surface area (Å²) in [7, 11) is 1.58. The first-order valence-electron chi connectivity index (χ1n) is 8.35. The molecule has 2 aromatic carbocycles.